The van der Waals surface area contributed by atoms with E-state index in [1.54, 1.807) is 6.07 Å². The highest BCUT2D eigenvalue weighted by Gasteiger charge is 2.05. The van der Waals surface area contributed by atoms with E-state index in [1.807, 2.05) is 13.0 Å². The lowest BCUT2D eigenvalue weighted by atomic mass is 9.94. The number of phenols is 1. The minimum atomic E-state index is 0.437. The van der Waals surface area contributed by atoms with Crippen LogP contribution < -0.4 is 0 Å². The number of unbranched alkanes of at least 4 members (excludes halogenated alkanes) is 4. The molecule has 20 heavy (non-hydrogen) atoms. The molecule has 1 unspecified atom stereocenters. The largest absolute Gasteiger partial charge is 0.508 e. The molecule has 1 heteroatoms. The third-order valence-corrected chi connectivity index (χ3v) is 4.36. The highest BCUT2D eigenvalue weighted by Crippen LogP contribution is 2.23. The van der Waals surface area contributed by atoms with Crippen molar-refractivity contribution < 1.29 is 5.11 Å². The number of hydrogen-bond acceptors (Lipinski definition) is 1. The highest BCUT2D eigenvalue weighted by molar-refractivity contribution is 5.37. The van der Waals surface area contributed by atoms with E-state index in [1.165, 1.54) is 56.9 Å². The fourth-order valence-electron chi connectivity index (χ4n) is 2.82. The Kier molecular flexibility index (Phi) is 8.41. The first kappa shape index (κ1) is 17.1. The van der Waals surface area contributed by atoms with Crippen molar-refractivity contribution in [2.24, 2.45) is 5.92 Å². The molecule has 0 heterocycles. The van der Waals surface area contributed by atoms with Gasteiger partial charge in [0.1, 0.15) is 5.75 Å². The molecular formula is C19H32O. The van der Waals surface area contributed by atoms with Gasteiger partial charge in [-0.3, -0.25) is 0 Å². The van der Waals surface area contributed by atoms with Gasteiger partial charge in [-0.25, -0.2) is 0 Å². The first-order chi connectivity index (χ1) is 9.65. The number of benzene rings is 1. The van der Waals surface area contributed by atoms with E-state index < -0.39 is 0 Å². The molecule has 1 aromatic carbocycles. The molecule has 0 radical (unpaired) electrons. The lowest BCUT2D eigenvalue weighted by molar-refractivity contribution is 0.444. The Morgan fingerprint density at radius 3 is 2.45 bits per heavy atom. The Balaban J connectivity index is 2.15. The van der Waals surface area contributed by atoms with Gasteiger partial charge < -0.3 is 5.11 Å². The summed E-state index contributed by atoms with van der Waals surface area (Å²) in [5.74, 6) is 1.28. The second kappa shape index (κ2) is 9.85. The molecule has 0 aromatic heterocycles. The van der Waals surface area contributed by atoms with Crippen LogP contribution in [0.5, 0.6) is 5.75 Å². The fourth-order valence-corrected chi connectivity index (χ4v) is 2.82. The van der Waals surface area contributed by atoms with E-state index in [-0.39, 0.29) is 0 Å². The van der Waals surface area contributed by atoms with Gasteiger partial charge in [0.05, 0.1) is 0 Å². The molecule has 1 N–H and O–H groups in total. The Morgan fingerprint density at radius 1 is 1.00 bits per heavy atom. The van der Waals surface area contributed by atoms with Crippen molar-refractivity contribution >= 4 is 0 Å². The number of hydrogen-bond donors (Lipinski definition) is 1. The third kappa shape index (κ3) is 6.45. The maximum absolute atomic E-state index is 9.70. The molecule has 1 nitrogen and oxygen atoms in total. The SMILES string of the molecule is CCCCCCCC(C)CCCc1cccc(O)c1C. The lowest BCUT2D eigenvalue weighted by Gasteiger charge is -2.12. The van der Waals surface area contributed by atoms with Gasteiger partial charge in [-0.15, -0.1) is 0 Å². The topological polar surface area (TPSA) is 20.2 Å². The van der Waals surface area contributed by atoms with Gasteiger partial charge in [0.25, 0.3) is 0 Å². The molecule has 1 aromatic rings. The van der Waals surface area contributed by atoms with Crippen LogP contribution in [0.4, 0.5) is 0 Å². The van der Waals surface area contributed by atoms with Crippen LogP contribution in [0.2, 0.25) is 0 Å². The number of phenolic OH excluding ortho intramolecular Hbond substituents is 1. The zero-order valence-corrected chi connectivity index (χ0v) is 13.6. The molecule has 0 spiro atoms. The van der Waals surface area contributed by atoms with Crippen molar-refractivity contribution in [1.29, 1.82) is 0 Å². The van der Waals surface area contributed by atoms with E-state index >= 15 is 0 Å². The van der Waals surface area contributed by atoms with Crippen LogP contribution in [0.1, 0.15) is 76.3 Å². The van der Waals surface area contributed by atoms with E-state index in [9.17, 15) is 5.11 Å². The van der Waals surface area contributed by atoms with Crippen LogP contribution in [0, 0.1) is 12.8 Å². The molecule has 1 rings (SSSR count). The molecule has 1 atom stereocenters. The molecule has 0 saturated heterocycles. The Labute approximate surface area is 125 Å². The van der Waals surface area contributed by atoms with Gasteiger partial charge in [0, 0.05) is 0 Å². The van der Waals surface area contributed by atoms with Crippen LogP contribution in [0.3, 0.4) is 0 Å². The van der Waals surface area contributed by atoms with E-state index in [2.05, 4.69) is 19.9 Å². The minimum Gasteiger partial charge on any atom is -0.508 e. The van der Waals surface area contributed by atoms with Crippen LogP contribution in [-0.4, -0.2) is 5.11 Å². The quantitative estimate of drug-likeness (QED) is 0.518. The average molecular weight is 276 g/mol. The number of aryl methyl sites for hydroxylation is 1. The minimum absolute atomic E-state index is 0.437. The summed E-state index contributed by atoms with van der Waals surface area (Å²) in [4.78, 5) is 0. The van der Waals surface area contributed by atoms with Crippen LogP contribution in [0.15, 0.2) is 18.2 Å². The second-order valence-corrected chi connectivity index (χ2v) is 6.26. The molecule has 114 valence electrons. The van der Waals surface area contributed by atoms with Crippen LogP contribution in [0.25, 0.3) is 0 Å². The monoisotopic (exact) mass is 276 g/mol. The normalized spacial score (nSPS) is 12.6. The Hall–Kier alpha value is -0.980. The second-order valence-electron chi connectivity index (χ2n) is 6.26. The summed E-state index contributed by atoms with van der Waals surface area (Å²) >= 11 is 0. The summed E-state index contributed by atoms with van der Waals surface area (Å²) < 4.78 is 0. The van der Waals surface area contributed by atoms with Crippen molar-refractivity contribution in [2.75, 3.05) is 0 Å². The third-order valence-electron chi connectivity index (χ3n) is 4.36. The van der Waals surface area contributed by atoms with Crippen LogP contribution in [-0.2, 0) is 6.42 Å². The summed E-state index contributed by atoms with van der Waals surface area (Å²) in [7, 11) is 0. The number of rotatable bonds is 10. The van der Waals surface area contributed by atoms with Crippen molar-refractivity contribution in [2.45, 2.75) is 78.6 Å². The van der Waals surface area contributed by atoms with Gasteiger partial charge in [0.2, 0.25) is 0 Å². The first-order valence-electron chi connectivity index (χ1n) is 8.42. The molecule has 0 fully saturated rings. The average Bonchev–Trinajstić information content (AvgIpc) is 2.43. The molecule has 0 aliphatic carbocycles. The van der Waals surface area contributed by atoms with Gasteiger partial charge in [-0.2, -0.15) is 0 Å². The predicted octanol–water partition coefficient (Wildman–Crippen LogP) is 6.02. The summed E-state index contributed by atoms with van der Waals surface area (Å²) in [6, 6.07) is 5.87. The standard InChI is InChI=1S/C19H32O/c1-4-5-6-7-8-11-16(2)12-9-13-18-14-10-15-19(20)17(18)3/h10,14-16,20H,4-9,11-13H2,1-3H3. The molecular weight excluding hydrogens is 244 g/mol. The van der Waals surface area contributed by atoms with Crippen molar-refractivity contribution in [3.8, 4) is 5.75 Å². The van der Waals surface area contributed by atoms with E-state index in [0.717, 1.165) is 17.9 Å². The fraction of sp³-hybridized carbons (Fsp3) is 0.684. The van der Waals surface area contributed by atoms with E-state index in [4.69, 9.17) is 0 Å². The Bertz CT molecular complexity index is 370. The van der Waals surface area contributed by atoms with Gasteiger partial charge in [0.15, 0.2) is 0 Å². The highest BCUT2D eigenvalue weighted by atomic mass is 16.3. The van der Waals surface area contributed by atoms with Gasteiger partial charge in [-0.05, 0) is 42.9 Å². The summed E-state index contributed by atoms with van der Waals surface area (Å²) in [6.45, 7) is 6.67. The molecule has 0 amide bonds. The van der Waals surface area contributed by atoms with Gasteiger partial charge >= 0.3 is 0 Å². The molecule has 0 aliphatic rings. The predicted molar refractivity (Wildman–Crippen MR) is 88.3 cm³/mol. The maximum Gasteiger partial charge on any atom is 0.118 e. The smallest absolute Gasteiger partial charge is 0.118 e. The van der Waals surface area contributed by atoms with Crippen LogP contribution >= 0.6 is 0 Å². The summed E-state index contributed by atoms with van der Waals surface area (Å²) in [5, 5.41) is 9.70. The van der Waals surface area contributed by atoms with Crippen molar-refractivity contribution in [1.82, 2.24) is 0 Å². The van der Waals surface area contributed by atoms with E-state index in [0.29, 0.717) is 5.75 Å². The molecule has 0 bridgehead atoms. The van der Waals surface area contributed by atoms with Crippen molar-refractivity contribution in [3.05, 3.63) is 29.3 Å². The zero-order chi connectivity index (χ0) is 14.8. The summed E-state index contributed by atoms with van der Waals surface area (Å²) in [6.07, 6.45) is 12.0. The van der Waals surface area contributed by atoms with Gasteiger partial charge in [-0.1, -0.05) is 70.9 Å². The van der Waals surface area contributed by atoms with Crippen molar-refractivity contribution in [3.63, 3.8) is 0 Å². The molecule has 0 saturated carbocycles. The summed E-state index contributed by atoms with van der Waals surface area (Å²) in [5.41, 5.74) is 2.36. The lowest BCUT2D eigenvalue weighted by Crippen LogP contribution is -1.97. The Morgan fingerprint density at radius 2 is 1.70 bits per heavy atom. The first-order valence-corrected chi connectivity index (χ1v) is 8.42. The maximum atomic E-state index is 9.70. The molecule has 0 aliphatic heterocycles. The number of aromatic hydroxyl groups is 1. The zero-order valence-electron chi connectivity index (χ0n) is 13.6.